The van der Waals surface area contributed by atoms with Crippen LogP contribution in [0.4, 0.5) is 13.2 Å². The maximum Gasteiger partial charge on any atom is 0.374 e. The molecule has 3 saturated carbocycles. The first-order chi connectivity index (χ1) is 17.4. The first kappa shape index (κ1) is 26.0. The van der Waals surface area contributed by atoms with Crippen LogP contribution in [0.1, 0.15) is 50.6 Å². The second-order valence-electron chi connectivity index (χ2n) is 11.2. The van der Waals surface area contributed by atoms with Crippen LogP contribution in [-0.4, -0.2) is 46.7 Å². The van der Waals surface area contributed by atoms with E-state index >= 15 is 8.78 Å². The van der Waals surface area contributed by atoms with Crippen LogP contribution in [-0.2, 0) is 14.3 Å². The molecule has 5 rings (SSSR count). The number of fused-ring (bicyclic) bond motifs is 5. The van der Waals surface area contributed by atoms with Gasteiger partial charge in [0.15, 0.2) is 17.0 Å². The molecule has 1 aromatic heterocycles. The van der Waals surface area contributed by atoms with Gasteiger partial charge in [-0.15, -0.1) is 0 Å². The van der Waals surface area contributed by atoms with Crippen molar-refractivity contribution in [3.8, 4) is 0 Å². The molecule has 0 saturated heterocycles. The molecule has 1 N–H and O–H groups in total. The second-order valence-corrected chi connectivity index (χ2v) is 11.6. The average molecular weight is 539 g/mol. The van der Waals surface area contributed by atoms with Gasteiger partial charge in [0, 0.05) is 17.9 Å². The third-order valence-corrected chi connectivity index (χ3v) is 9.97. The number of rotatable bonds is 4. The van der Waals surface area contributed by atoms with Gasteiger partial charge in [-0.1, -0.05) is 13.8 Å². The number of hydrogen-bond donors (Lipinski definition) is 1. The van der Waals surface area contributed by atoms with Gasteiger partial charge >= 0.3 is 5.97 Å². The number of hydrogen-bond acceptors (Lipinski definition) is 7. The zero-order chi connectivity index (χ0) is 26.9. The maximum atomic E-state index is 17.7. The van der Waals surface area contributed by atoms with Gasteiger partial charge < -0.3 is 19.0 Å². The summed E-state index contributed by atoms with van der Waals surface area (Å²) in [4.78, 5) is 25.2. The van der Waals surface area contributed by atoms with E-state index < -0.39 is 70.9 Å². The molecule has 0 aliphatic heterocycles. The number of carbonyl (C=O) groups excluding carboxylic acids is 2. The van der Waals surface area contributed by atoms with Gasteiger partial charge in [0.1, 0.15) is 17.5 Å². The number of aliphatic hydroxyl groups is 1. The smallest absolute Gasteiger partial charge is 0.374 e. The fourth-order valence-electron chi connectivity index (χ4n) is 7.88. The molecule has 0 spiro atoms. The van der Waals surface area contributed by atoms with E-state index in [-0.39, 0.29) is 35.1 Å². The molecule has 6 nitrogen and oxygen atoms in total. The largest absolute Gasteiger partial charge is 0.511 e. The number of ketones is 1. The van der Waals surface area contributed by atoms with Crippen LogP contribution in [0, 0.1) is 34.5 Å². The van der Waals surface area contributed by atoms with Crippen molar-refractivity contribution >= 4 is 29.0 Å². The van der Waals surface area contributed by atoms with Crippen LogP contribution >= 0.6 is 12.2 Å². The summed E-state index contributed by atoms with van der Waals surface area (Å²) in [6, 6.07) is 2.83. The van der Waals surface area contributed by atoms with Crippen molar-refractivity contribution in [3.63, 3.8) is 0 Å². The number of aliphatic hydroxyl groups excluding tert-OH is 1. The Morgan fingerprint density at radius 2 is 2.03 bits per heavy atom. The molecule has 9 atom stereocenters. The highest BCUT2D eigenvalue weighted by Crippen LogP contribution is 2.71. The Hall–Kier alpha value is -2.62. The first-order valence-corrected chi connectivity index (χ1v) is 12.8. The van der Waals surface area contributed by atoms with Crippen LogP contribution in [0.3, 0.4) is 0 Å². The van der Waals surface area contributed by atoms with Crippen LogP contribution < -0.4 is 0 Å². The van der Waals surface area contributed by atoms with E-state index in [1.165, 1.54) is 25.3 Å². The standard InChI is InChI=1S/C27H29F3O6S/c1-13-9-15-20-22(36-23(33)17-5-4-8-34-17)21(29)16-10-14(31)11-18(32)26(16,3)27(20,30)7-6-25(15,2)19(13)24(37)35-12-28/h4-5,8,10-11,13,15,19-22,32H,6-7,9,12H2,1-3H3/t13?,15-,19?,20+,21?,22?,25-,26+,27-/m0/s1. The van der Waals surface area contributed by atoms with Gasteiger partial charge in [0.2, 0.25) is 12.6 Å². The SMILES string of the molecule is CC1C[C@H]2[C@@H]3C(OC(=O)c4ccco4)C(F)C4=CC(=O)C=C(O)[C@]4(C)[C@]3(F)CC[C@]2(C)C1C(=S)OCF. The minimum Gasteiger partial charge on any atom is -0.511 e. The van der Waals surface area contributed by atoms with Gasteiger partial charge in [-0.05, 0) is 79.4 Å². The van der Waals surface area contributed by atoms with Gasteiger partial charge in [-0.2, -0.15) is 0 Å². The summed E-state index contributed by atoms with van der Waals surface area (Å²) in [6.45, 7) is 4.13. The van der Waals surface area contributed by atoms with Crippen LogP contribution in [0.15, 0.2) is 46.3 Å². The third-order valence-electron chi connectivity index (χ3n) is 9.59. The summed E-state index contributed by atoms with van der Waals surface area (Å²) < 4.78 is 63.0. The van der Waals surface area contributed by atoms with E-state index in [2.05, 4.69) is 0 Å². The van der Waals surface area contributed by atoms with Gasteiger partial charge in [-0.25, -0.2) is 18.0 Å². The van der Waals surface area contributed by atoms with Crippen molar-refractivity contribution in [2.75, 3.05) is 6.86 Å². The van der Waals surface area contributed by atoms with Crippen molar-refractivity contribution in [1.82, 2.24) is 0 Å². The van der Waals surface area contributed by atoms with E-state index in [9.17, 15) is 19.1 Å². The average Bonchev–Trinajstić information content (AvgIpc) is 3.45. The van der Waals surface area contributed by atoms with Crippen LogP contribution in [0.25, 0.3) is 0 Å². The Balaban J connectivity index is 1.65. The Bertz CT molecular complexity index is 1200. The predicted octanol–water partition coefficient (Wildman–Crippen LogP) is 5.78. The molecule has 4 aliphatic rings. The van der Waals surface area contributed by atoms with E-state index in [1.54, 1.807) is 0 Å². The molecule has 200 valence electrons. The molecule has 0 radical (unpaired) electrons. The number of allylic oxidation sites excluding steroid dienone is 3. The van der Waals surface area contributed by atoms with Crippen molar-refractivity contribution in [1.29, 1.82) is 0 Å². The lowest BCUT2D eigenvalue weighted by Crippen LogP contribution is -2.68. The van der Waals surface area contributed by atoms with Gasteiger partial charge in [0.05, 0.1) is 11.7 Å². The molecule has 37 heavy (non-hydrogen) atoms. The predicted molar refractivity (Wildman–Crippen MR) is 130 cm³/mol. The zero-order valence-corrected chi connectivity index (χ0v) is 21.5. The molecule has 10 heteroatoms. The molecule has 4 unspecified atom stereocenters. The summed E-state index contributed by atoms with van der Waals surface area (Å²) >= 11 is 5.40. The first-order valence-electron chi connectivity index (χ1n) is 12.4. The lowest BCUT2D eigenvalue weighted by molar-refractivity contribution is -0.192. The summed E-state index contributed by atoms with van der Waals surface area (Å²) in [5.41, 5.74) is -5.06. The van der Waals surface area contributed by atoms with Crippen LogP contribution in [0.2, 0.25) is 0 Å². The fraction of sp³-hybridized carbons (Fsp3) is 0.593. The highest BCUT2D eigenvalue weighted by molar-refractivity contribution is 7.80. The highest BCUT2D eigenvalue weighted by Gasteiger charge is 2.75. The van der Waals surface area contributed by atoms with Gasteiger partial charge in [-0.3, -0.25) is 4.79 Å². The van der Waals surface area contributed by atoms with Crippen molar-refractivity contribution in [3.05, 3.63) is 47.6 Å². The Morgan fingerprint density at radius 1 is 1.30 bits per heavy atom. The second kappa shape index (κ2) is 8.71. The summed E-state index contributed by atoms with van der Waals surface area (Å²) in [6.07, 6.45) is 0.0558. The Labute approximate surface area is 217 Å². The third kappa shape index (κ3) is 3.47. The molecule has 4 aliphatic carbocycles. The van der Waals surface area contributed by atoms with E-state index in [4.69, 9.17) is 26.1 Å². The summed E-state index contributed by atoms with van der Waals surface area (Å²) in [5.74, 6) is -4.66. The maximum absolute atomic E-state index is 17.7. The van der Waals surface area contributed by atoms with Gasteiger partial charge in [0.25, 0.3) is 0 Å². The topological polar surface area (TPSA) is 86.0 Å². The Kier molecular flexibility index (Phi) is 6.12. The number of carbonyl (C=O) groups is 2. The minimum atomic E-state index is -2.27. The molecule has 1 aromatic rings. The summed E-state index contributed by atoms with van der Waals surface area (Å²) in [7, 11) is 0. The summed E-state index contributed by atoms with van der Waals surface area (Å²) in [5, 5.41) is 11.0. The fourth-order valence-corrected chi connectivity index (χ4v) is 8.43. The van der Waals surface area contributed by atoms with E-state index in [0.29, 0.717) is 6.42 Å². The quantitative estimate of drug-likeness (QED) is 0.384. The lowest BCUT2D eigenvalue weighted by atomic mass is 9.44. The van der Waals surface area contributed by atoms with E-state index in [1.807, 2.05) is 13.8 Å². The molecule has 1 heterocycles. The lowest BCUT2D eigenvalue weighted by Gasteiger charge is -2.62. The molecular weight excluding hydrogens is 509 g/mol. The zero-order valence-electron chi connectivity index (χ0n) is 20.7. The monoisotopic (exact) mass is 538 g/mol. The molecule has 0 bridgehead atoms. The number of esters is 1. The van der Waals surface area contributed by atoms with Crippen molar-refractivity contribution < 1.29 is 41.8 Å². The number of thiocarbonyl (C=S) groups is 1. The molecular formula is C27H29F3O6S. The molecule has 0 amide bonds. The Morgan fingerprint density at radius 3 is 2.68 bits per heavy atom. The van der Waals surface area contributed by atoms with Crippen molar-refractivity contribution in [2.24, 2.45) is 34.5 Å². The molecule has 0 aromatic carbocycles. The number of alkyl halides is 3. The molecule has 3 fully saturated rings. The number of furan rings is 1. The number of ether oxygens (including phenoxy) is 2. The van der Waals surface area contributed by atoms with Crippen LogP contribution in [0.5, 0.6) is 0 Å². The van der Waals surface area contributed by atoms with E-state index in [0.717, 1.165) is 12.2 Å². The van der Waals surface area contributed by atoms with Crippen molar-refractivity contribution in [2.45, 2.75) is 58.0 Å². The normalized spacial score (nSPS) is 42.6. The number of halogens is 3. The minimum absolute atomic E-state index is 0.0842. The highest BCUT2D eigenvalue weighted by atomic mass is 32.1.